The number of anilines is 1. The Morgan fingerprint density at radius 2 is 2.00 bits per heavy atom. The summed E-state index contributed by atoms with van der Waals surface area (Å²) in [5.41, 5.74) is 1.11. The van der Waals surface area contributed by atoms with Gasteiger partial charge in [0.2, 0.25) is 0 Å². The monoisotopic (exact) mass is 516 g/mol. The largest absolute Gasteiger partial charge is 0.469 e. The van der Waals surface area contributed by atoms with Crippen LogP contribution in [-0.2, 0) is 16.1 Å². The molecule has 9 heteroatoms. The van der Waals surface area contributed by atoms with Crippen LogP contribution in [0.25, 0.3) is 0 Å². The van der Waals surface area contributed by atoms with Gasteiger partial charge in [-0.1, -0.05) is 13.0 Å². The van der Waals surface area contributed by atoms with E-state index in [4.69, 9.17) is 4.74 Å². The van der Waals surface area contributed by atoms with E-state index in [1.165, 1.54) is 7.11 Å². The summed E-state index contributed by atoms with van der Waals surface area (Å²) in [5.74, 6) is 1.84. The van der Waals surface area contributed by atoms with Gasteiger partial charge in [0.15, 0.2) is 5.96 Å². The van der Waals surface area contributed by atoms with Gasteiger partial charge in [-0.2, -0.15) is 0 Å². The fourth-order valence-corrected chi connectivity index (χ4v) is 3.86. The first-order valence-electron chi connectivity index (χ1n) is 9.93. The summed E-state index contributed by atoms with van der Waals surface area (Å²) in [6.07, 6.45) is 1.93. The Labute approximate surface area is 190 Å². The fourth-order valence-electron chi connectivity index (χ4n) is 3.86. The molecule has 0 radical (unpaired) electrons. The van der Waals surface area contributed by atoms with Crippen molar-refractivity contribution in [3.8, 4) is 0 Å². The number of esters is 1. The van der Waals surface area contributed by atoms with Crippen molar-refractivity contribution in [3.63, 3.8) is 0 Å². The zero-order valence-electron chi connectivity index (χ0n) is 17.8. The molecule has 29 heavy (non-hydrogen) atoms. The summed E-state index contributed by atoms with van der Waals surface area (Å²) in [6, 6.07) is 4.21. The summed E-state index contributed by atoms with van der Waals surface area (Å²) >= 11 is 0. The van der Waals surface area contributed by atoms with Crippen LogP contribution in [0.15, 0.2) is 23.3 Å². The van der Waals surface area contributed by atoms with Gasteiger partial charge in [0.05, 0.1) is 13.0 Å². The number of pyridine rings is 1. The third kappa shape index (κ3) is 5.94. The lowest BCUT2D eigenvalue weighted by atomic mass is 9.99. The van der Waals surface area contributed by atoms with Gasteiger partial charge >= 0.3 is 5.97 Å². The van der Waals surface area contributed by atoms with Gasteiger partial charge in [0, 0.05) is 59.1 Å². The number of guanidine groups is 1. The Morgan fingerprint density at radius 1 is 1.28 bits per heavy atom. The molecule has 2 fully saturated rings. The lowest BCUT2D eigenvalue weighted by Crippen LogP contribution is -2.44. The average molecular weight is 516 g/mol. The molecular formula is C20H33IN6O2. The highest BCUT2D eigenvalue weighted by molar-refractivity contribution is 14.0. The minimum absolute atomic E-state index is 0. The standard InChI is InChI=1S/C20H32N6O2.HI/c1-15-13-26(14-17(15)19(27)28-4)20(21-2)23-12-16-5-6-18(22-11-16)25-9-7-24(3)8-10-25;/h5-6,11,15,17H,7-10,12-14H2,1-4H3,(H,21,23);1H. The Bertz CT molecular complexity index is 691. The second-order valence-electron chi connectivity index (χ2n) is 7.73. The molecular weight excluding hydrogens is 483 g/mol. The second-order valence-corrected chi connectivity index (χ2v) is 7.73. The van der Waals surface area contributed by atoms with Crippen molar-refractivity contribution in [2.45, 2.75) is 13.5 Å². The van der Waals surface area contributed by atoms with E-state index in [1.54, 1.807) is 7.05 Å². The molecule has 1 aromatic rings. The molecule has 162 valence electrons. The lowest BCUT2D eigenvalue weighted by molar-refractivity contribution is -0.145. The molecule has 0 aliphatic carbocycles. The summed E-state index contributed by atoms with van der Waals surface area (Å²) in [6.45, 7) is 8.33. The molecule has 2 aliphatic rings. The average Bonchev–Trinajstić information content (AvgIpc) is 3.10. The zero-order valence-corrected chi connectivity index (χ0v) is 20.1. The van der Waals surface area contributed by atoms with E-state index in [-0.39, 0.29) is 41.8 Å². The van der Waals surface area contributed by atoms with Gasteiger partial charge in [-0.25, -0.2) is 4.98 Å². The Kier molecular flexibility index (Phi) is 8.94. The molecule has 2 saturated heterocycles. The molecule has 0 bridgehead atoms. The first-order chi connectivity index (χ1) is 13.5. The highest BCUT2D eigenvalue weighted by Gasteiger charge is 2.36. The molecule has 3 rings (SSSR count). The number of aromatic nitrogens is 1. The van der Waals surface area contributed by atoms with Gasteiger partial charge in [-0.05, 0) is 24.6 Å². The van der Waals surface area contributed by atoms with E-state index < -0.39 is 0 Å². The summed E-state index contributed by atoms with van der Waals surface area (Å²) in [4.78, 5) is 27.7. The number of likely N-dealkylation sites (tertiary alicyclic amines) is 1. The van der Waals surface area contributed by atoms with E-state index in [0.717, 1.165) is 50.1 Å². The number of rotatable bonds is 4. The Hall–Kier alpha value is -1.62. The number of hydrogen-bond acceptors (Lipinski definition) is 6. The summed E-state index contributed by atoms with van der Waals surface area (Å²) < 4.78 is 4.92. The van der Waals surface area contributed by atoms with Crippen molar-refractivity contribution in [2.75, 3.05) is 65.4 Å². The normalized spacial score (nSPS) is 23.0. The lowest BCUT2D eigenvalue weighted by Gasteiger charge is -2.33. The minimum Gasteiger partial charge on any atom is -0.469 e. The van der Waals surface area contributed by atoms with Crippen LogP contribution >= 0.6 is 24.0 Å². The highest BCUT2D eigenvalue weighted by atomic mass is 127. The molecule has 2 aliphatic heterocycles. The molecule has 0 spiro atoms. The van der Waals surface area contributed by atoms with E-state index in [9.17, 15) is 4.79 Å². The maximum Gasteiger partial charge on any atom is 0.310 e. The molecule has 2 unspecified atom stereocenters. The molecule has 1 aromatic heterocycles. The number of ether oxygens (including phenoxy) is 1. The highest BCUT2D eigenvalue weighted by Crippen LogP contribution is 2.24. The van der Waals surface area contributed by atoms with Crippen molar-refractivity contribution in [3.05, 3.63) is 23.9 Å². The van der Waals surface area contributed by atoms with Gasteiger partial charge in [-0.3, -0.25) is 9.79 Å². The van der Waals surface area contributed by atoms with Gasteiger partial charge in [0.25, 0.3) is 0 Å². The fraction of sp³-hybridized carbons (Fsp3) is 0.650. The number of piperazine rings is 1. The van der Waals surface area contributed by atoms with Crippen LogP contribution in [0.1, 0.15) is 12.5 Å². The predicted molar refractivity (Wildman–Crippen MR) is 126 cm³/mol. The third-order valence-corrected chi connectivity index (χ3v) is 5.71. The molecule has 0 amide bonds. The SMILES string of the molecule is CN=C(NCc1ccc(N2CCN(C)CC2)nc1)N1CC(C)C(C(=O)OC)C1.I. The molecule has 0 aromatic carbocycles. The van der Waals surface area contributed by atoms with Gasteiger partial charge in [0.1, 0.15) is 5.82 Å². The van der Waals surface area contributed by atoms with Crippen molar-refractivity contribution < 1.29 is 9.53 Å². The number of nitrogens with zero attached hydrogens (tertiary/aromatic N) is 5. The van der Waals surface area contributed by atoms with Crippen molar-refractivity contribution in [1.82, 2.24) is 20.1 Å². The summed E-state index contributed by atoms with van der Waals surface area (Å²) in [7, 11) is 5.37. The zero-order chi connectivity index (χ0) is 20.1. The van der Waals surface area contributed by atoms with Crippen LogP contribution in [0.2, 0.25) is 0 Å². The number of likely N-dealkylation sites (N-methyl/N-ethyl adjacent to an activating group) is 1. The van der Waals surface area contributed by atoms with Gasteiger partial charge < -0.3 is 24.8 Å². The summed E-state index contributed by atoms with van der Waals surface area (Å²) in [5, 5.41) is 3.39. The van der Waals surface area contributed by atoms with E-state index >= 15 is 0 Å². The van der Waals surface area contributed by atoms with E-state index in [1.807, 2.05) is 6.20 Å². The topological polar surface area (TPSA) is 73.3 Å². The number of carbonyl (C=O) groups is 1. The molecule has 1 N–H and O–H groups in total. The first kappa shape index (κ1) is 23.7. The molecule has 8 nitrogen and oxygen atoms in total. The predicted octanol–water partition coefficient (Wildman–Crippen LogP) is 1.27. The number of nitrogens with one attached hydrogen (secondary N) is 1. The number of carbonyl (C=O) groups excluding carboxylic acids is 1. The third-order valence-electron chi connectivity index (χ3n) is 5.71. The van der Waals surface area contributed by atoms with Crippen LogP contribution in [0.5, 0.6) is 0 Å². The van der Waals surface area contributed by atoms with Gasteiger partial charge in [-0.15, -0.1) is 24.0 Å². The second kappa shape index (κ2) is 11.0. The maximum atomic E-state index is 11.9. The molecule has 3 heterocycles. The van der Waals surface area contributed by atoms with Crippen LogP contribution in [0.3, 0.4) is 0 Å². The maximum absolute atomic E-state index is 11.9. The molecule has 0 saturated carbocycles. The van der Waals surface area contributed by atoms with E-state index in [2.05, 4.69) is 56.1 Å². The van der Waals surface area contributed by atoms with E-state index in [0.29, 0.717) is 13.1 Å². The minimum atomic E-state index is -0.144. The molecule has 2 atom stereocenters. The quantitative estimate of drug-likeness (QED) is 0.280. The van der Waals surface area contributed by atoms with Crippen LogP contribution < -0.4 is 10.2 Å². The van der Waals surface area contributed by atoms with Crippen LogP contribution in [-0.4, -0.2) is 87.2 Å². The number of halogens is 1. The van der Waals surface area contributed by atoms with Crippen LogP contribution in [0.4, 0.5) is 5.82 Å². The Morgan fingerprint density at radius 3 is 2.59 bits per heavy atom. The van der Waals surface area contributed by atoms with Crippen LogP contribution in [0, 0.1) is 11.8 Å². The Balaban J connectivity index is 0.00000300. The number of aliphatic imine (C=N–C) groups is 1. The number of methoxy groups -OCH3 is 1. The smallest absolute Gasteiger partial charge is 0.310 e. The number of hydrogen-bond donors (Lipinski definition) is 1. The van der Waals surface area contributed by atoms with Crippen molar-refractivity contribution in [2.24, 2.45) is 16.8 Å². The van der Waals surface area contributed by atoms with Crippen molar-refractivity contribution >= 4 is 41.7 Å². The first-order valence-corrected chi connectivity index (χ1v) is 9.93. The van der Waals surface area contributed by atoms with Crippen molar-refractivity contribution in [1.29, 1.82) is 0 Å².